The predicted molar refractivity (Wildman–Crippen MR) is 104 cm³/mol. The fourth-order valence-corrected chi connectivity index (χ4v) is 4.49. The van der Waals surface area contributed by atoms with Gasteiger partial charge in [-0.15, -0.1) is 0 Å². The fourth-order valence-electron chi connectivity index (χ4n) is 4.49. The molecule has 2 aliphatic rings. The molecule has 2 aliphatic heterocycles. The molecule has 26 heavy (non-hydrogen) atoms. The van der Waals surface area contributed by atoms with E-state index in [9.17, 15) is 4.79 Å². The summed E-state index contributed by atoms with van der Waals surface area (Å²) >= 11 is 0. The van der Waals surface area contributed by atoms with Gasteiger partial charge in [-0.2, -0.15) is 0 Å². The zero-order chi connectivity index (χ0) is 17.9. The highest BCUT2D eigenvalue weighted by Gasteiger charge is 2.30. The first-order valence-corrected chi connectivity index (χ1v) is 10.1. The van der Waals surface area contributed by atoms with Gasteiger partial charge in [0.15, 0.2) is 0 Å². The monoisotopic (exact) mass is 354 g/mol. The second kappa shape index (κ2) is 7.78. The first kappa shape index (κ1) is 17.5. The number of imidazole rings is 1. The SMILES string of the molecule is Cn1c(CN2CCC[C@@H](C(=O)N3CCCCCC3)C2)nc2ccccc21. The maximum atomic E-state index is 13.0. The third-order valence-corrected chi connectivity index (χ3v) is 6.02. The summed E-state index contributed by atoms with van der Waals surface area (Å²) in [6.45, 7) is 4.68. The average Bonchev–Trinajstić information content (AvgIpc) is 2.85. The van der Waals surface area contributed by atoms with Gasteiger partial charge in [0.25, 0.3) is 0 Å². The molecular weight excluding hydrogens is 324 g/mol. The maximum absolute atomic E-state index is 13.0. The van der Waals surface area contributed by atoms with Crippen molar-refractivity contribution < 1.29 is 4.79 Å². The number of benzene rings is 1. The van der Waals surface area contributed by atoms with Crippen LogP contribution in [0.1, 0.15) is 44.3 Å². The molecule has 0 radical (unpaired) electrons. The number of piperidine rings is 1. The maximum Gasteiger partial charge on any atom is 0.226 e. The minimum atomic E-state index is 0.163. The molecule has 3 heterocycles. The van der Waals surface area contributed by atoms with Gasteiger partial charge in [0.05, 0.1) is 23.5 Å². The van der Waals surface area contributed by atoms with E-state index in [1.807, 2.05) is 6.07 Å². The highest BCUT2D eigenvalue weighted by atomic mass is 16.2. The van der Waals surface area contributed by atoms with E-state index in [1.54, 1.807) is 0 Å². The van der Waals surface area contributed by atoms with E-state index in [0.29, 0.717) is 5.91 Å². The Kier molecular flexibility index (Phi) is 5.25. The van der Waals surface area contributed by atoms with Crippen LogP contribution in [0, 0.1) is 5.92 Å². The summed E-state index contributed by atoms with van der Waals surface area (Å²) in [4.78, 5) is 22.4. The van der Waals surface area contributed by atoms with Gasteiger partial charge >= 0.3 is 0 Å². The van der Waals surface area contributed by atoms with Gasteiger partial charge in [-0.25, -0.2) is 4.98 Å². The number of para-hydroxylation sites is 2. The van der Waals surface area contributed by atoms with Gasteiger partial charge in [-0.05, 0) is 44.4 Å². The third kappa shape index (κ3) is 3.63. The molecule has 0 aliphatic carbocycles. The molecule has 1 aromatic carbocycles. The minimum absolute atomic E-state index is 0.163. The number of hydrogen-bond donors (Lipinski definition) is 0. The smallest absolute Gasteiger partial charge is 0.226 e. The summed E-state index contributed by atoms with van der Waals surface area (Å²) in [5, 5.41) is 0. The van der Waals surface area contributed by atoms with Crippen LogP contribution < -0.4 is 0 Å². The lowest BCUT2D eigenvalue weighted by molar-refractivity contribution is -0.137. The van der Waals surface area contributed by atoms with E-state index in [1.165, 1.54) is 31.2 Å². The number of carbonyl (C=O) groups is 1. The third-order valence-electron chi connectivity index (χ3n) is 6.02. The molecule has 2 saturated heterocycles. The molecule has 0 N–H and O–H groups in total. The van der Waals surface area contributed by atoms with Crippen LogP contribution in [-0.4, -0.2) is 51.4 Å². The Labute approximate surface area is 156 Å². The number of aromatic nitrogens is 2. The number of fused-ring (bicyclic) bond motifs is 1. The van der Waals surface area contributed by atoms with Gasteiger partial charge in [-0.3, -0.25) is 9.69 Å². The second-order valence-corrected chi connectivity index (χ2v) is 7.89. The van der Waals surface area contributed by atoms with Gasteiger partial charge in [-0.1, -0.05) is 25.0 Å². The van der Waals surface area contributed by atoms with Crippen molar-refractivity contribution in [3.63, 3.8) is 0 Å². The lowest BCUT2D eigenvalue weighted by Crippen LogP contribution is -2.45. The van der Waals surface area contributed by atoms with E-state index < -0.39 is 0 Å². The molecule has 5 heteroatoms. The zero-order valence-corrected chi connectivity index (χ0v) is 15.9. The summed E-state index contributed by atoms with van der Waals surface area (Å²) in [7, 11) is 2.09. The van der Waals surface area contributed by atoms with Crippen molar-refractivity contribution in [3.05, 3.63) is 30.1 Å². The van der Waals surface area contributed by atoms with E-state index >= 15 is 0 Å². The molecule has 1 atom stereocenters. The molecule has 0 bridgehead atoms. The lowest BCUT2D eigenvalue weighted by Gasteiger charge is -2.34. The van der Waals surface area contributed by atoms with Crippen LogP contribution in [0.5, 0.6) is 0 Å². The molecule has 5 nitrogen and oxygen atoms in total. The van der Waals surface area contributed by atoms with Gasteiger partial charge < -0.3 is 9.47 Å². The molecule has 4 rings (SSSR count). The summed E-state index contributed by atoms with van der Waals surface area (Å²) in [5.74, 6) is 1.65. The van der Waals surface area contributed by atoms with Crippen molar-refractivity contribution in [2.24, 2.45) is 13.0 Å². The van der Waals surface area contributed by atoms with Crippen molar-refractivity contribution in [2.75, 3.05) is 26.2 Å². The van der Waals surface area contributed by atoms with Crippen LogP contribution >= 0.6 is 0 Å². The molecule has 2 aromatic rings. The van der Waals surface area contributed by atoms with Crippen LogP contribution in [0.3, 0.4) is 0 Å². The van der Waals surface area contributed by atoms with Gasteiger partial charge in [0, 0.05) is 26.7 Å². The molecule has 2 fully saturated rings. The quantitative estimate of drug-likeness (QED) is 0.850. The fraction of sp³-hybridized carbons (Fsp3) is 0.619. The number of carbonyl (C=O) groups excluding carboxylic acids is 1. The minimum Gasteiger partial charge on any atom is -0.342 e. The van der Waals surface area contributed by atoms with Crippen LogP contribution in [-0.2, 0) is 18.4 Å². The average molecular weight is 354 g/mol. The number of amides is 1. The Morgan fingerprint density at radius 3 is 2.62 bits per heavy atom. The van der Waals surface area contributed by atoms with Crippen molar-refractivity contribution in [2.45, 2.75) is 45.1 Å². The Balaban J connectivity index is 1.43. The van der Waals surface area contributed by atoms with Crippen LogP contribution in [0.2, 0.25) is 0 Å². The Morgan fingerprint density at radius 1 is 1.08 bits per heavy atom. The molecule has 0 saturated carbocycles. The van der Waals surface area contributed by atoms with Crippen LogP contribution in [0.15, 0.2) is 24.3 Å². The van der Waals surface area contributed by atoms with E-state index in [4.69, 9.17) is 4.98 Å². The largest absolute Gasteiger partial charge is 0.342 e. The molecular formula is C21H30N4O. The Bertz CT molecular complexity index is 760. The highest BCUT2D eigenvalue weighted by Crippen LogP contribution is 2.23. The van der Waals surface area contributed by atoms with E-state index in [0.717, 1.165) is 56.9 Å². The lowest BCUT2D eigenvalue weighted by atomic mass is 9.96. The van der Waals surface area contributed by atoms with Crippen LogP contribution in [0.4, 0.5) is 0 Å². The summed E-state index contributed by atoms with van der Waals surface area (Å²) in [5.41, 5.74) is 2.23. The number of rotatable bonds is 3. The number of hydrogen-bond acceptors (Lipinski definition) is 3. The first-order valence-electron chi connectivity index (χ1n) is 10.1. The van der Waals surface area contributed by atoms with Crippen molar-refractivity contribution in [1.82, 2.24) is 19.4 Å². The molecule has 140 valence electrons. The predicted octanol–water partition coefficient (Wildman–Crippen LogP) is 3.19. The molecule has 1 amide bonds. The number of nitrogens with zero attached hydrogens (tertiary/aromatic N) is 4. The molecule has 0 unspecified atom stereocenters. The van der Waals surface area contributed by atoms with Crippen LogP contribution in [0.25, 0.3) is 11.0 Å². The van der Waals surface area contributed by atoms with Crippen molar-refractivity contribution in [3.8, 4) is 0 Å². The summed E-state index contributed by atoms with van der Waals surface area (Å²) in [6, 6.07) is 8.29. The first-order chi connectivity index (χ1) is 12.7. The van der Waals surface area contributed by atoms with Crippen molar-refractivity contribution in [1.29, 1.82) is 0 Å². The van der Waals surface area contributed by atoms with E-state index in [2.05, 4.69) is 39.6 Å². The van der Waals surface area contributed by atoms with E-state index in [-0.39, 0.29) is 5.92 Å². The molecule has 0 spiro atoms. The Morgan fingerprint density at radius 2 is 1.85 bits per heavy atom. The summed E-state index contributed by atoms with van der Waals surface area (Å²) < 4.78 is 2.19. The van der Waals surface area contributed by atoms with Gasteiger partial charge in [0.1, 0.15) is 5.82 Å². The topological polar surface area (TPSA) is 41.4 Å². The van der Waals surface area contributed by atoms with Crippen molar-refractivity contribution >= 4 is 16.9 Å². The Hall–Kier alpha value is -1.88. The van der Waals surface area contributed by atoms with Gasteiger partial charge in [0.2, 0.25) is 5.91 Å². The second-order valence-electron chi connectivity index (χ2n) is 7.89. The molecule has 1 aromatic heterocycles. The zero-order valence-electron chi connectivity index (χ0n) is 15.9. The normalized spacial score (nSPS) is 22.5. The standard InChI is InChI=1S/C21H30N4O/c1-23-19-11-5-4-10-18(19)22-20(23)16-24-12-8-9-17(15-24)21(26)25-13-6-2-3-7-14-25/h4-5,10-11,17H,2-3,6-9,12-16H2,1H3/t17-/m1/s1. The number of aryl methyl sites for hydroxylation is 1. The summed E-state index contributed by atoms with van der Waals surface area (Å²) in [6.07, 6.45) is 7.02. The highest BCUT2D eigenvalue weighted by molar-refractivity contribution is 5.79. The number of likely N-dealkylation sites (tertiary alicyclic amines) is 2.